The van der Waals surface area contributed by atoms with E-state index in [1.807, 2.05) is 0 Å². The van der Waals surface area contributed by atoms with E-state index in [2.05, 4.69) is 16.1 Å². The van der Waals surface area contributed by atoms with Crippen LogP contribution in [-0.2, 0) is 11.3 Å². The van der Waals surface area contributed by atoms with Crippen LogP contribution in [0.3, 0.4) is 0 Å². The molecule has 0 unspecified atom stereocenters. The van der Waals surface area contributed by atoms with E-state index in [9.17, 15) is 0 Å². The second-order valence-corrected chi connectivity index (χ2v) is 6.27. The molecule has 2 fully saturated rings. The molecule has 0 aromatic carbocycles. The molecule has 4 nitrogen and oxygen atoms in total. The lowest BCUT2D eigenvalue weighted by atomic mass is 9.87. The van der Waals surface area contributed by atoms with Gasteiger partial charge in [0.1, 0.15) is 0 Å². The van der Waals surface area contributed by atoms with E-state index in [-0.39, 0.29) is 0 Å². The molecule has 1 aliphatic heterocycles. The van der Waals surface area contributed by atoms with Gasteiger partial charge in [0.05, 0.1) is 18.8 Å². The summed E-state index contributed by atoms with van der Waals surface area (Å²) >= 11 is 0. The molecule has 4 heteroatoms. The van der Waals surface area contributed by atoms with Gasteiger partial charge in [-0.1, -0.05) is 24.4 Å². The summed E-state index contributed by atoms with van der Waals surface area (Å²) in [6, 6.07) is 2.74. The normalized spacial score (nSPS) is 25.4. The van der Waals surface area contributed by atoms with E-state index in [0.717, 1.165) is 25.5 Å². The van der Waals surface area contributed by atoms with Crippen molar-refractivity contribution in [1.29, 1.82) is 0 Å². The second kappa shape index (κ2) is 6.72. The van der Waals surface area contributed by atoms with Crippen LogP contribution >= 0.6 is 0 Å². The third-order valence-electron chi connectivity index (χ3n) is 4.82. The number of aromatic nitrogens is 1. The first kappa shape index (κ1) is 14.1. The zero-order valence-corrected chi connectivity index (χ0v) is 12.5. The fraction of sp³-hybridized carbons (Fsp3) is 0.812. The van der Waals surface area contributed by atoms with Gasteiger partial charge in [0.25, 0.3) is 0 Å². The van der Waals surface area contributed by atoms with Crippen molar-refractivity contribution in [3.63, 3.8) is 0 Å². The second-order valence-electron chi connectivity index (χ2n) is 6.27. The number of rotatable bonds is 5. The Balaban J connectivity index is 1.59. The molecule has 3 rings (SSSR count). The lowest BCUT2D eigenvalue weighted by molar-refractivity contribution is 0.106. The molecule has 2 heterocycles. The Hall–Kier alpha value is -0.870. The number of hydrogen-bond donors (Lipinski definition) is 0. The van der Waals surface area contributed by atoms with Gasteiger partial charge in [0.15, 0.2) is 5.76 Å². The van der Waals surface area contributed by atoms with E-state index in [1.54, 1.807) is 7.11 Å². The number of methoxy groups -OCH3 is 1. The van der Waals surface area contributed by atoms with E-state index < -0.39 is 0 Å². The summed E-state index contributed by atoms with van der Waals surface area (Å²) in [4.78, 5) is 2.47. The summed E-state index contributed by atoms with van der Waals surface area (Å²) in [5.41, 5.74) is 1.18. The molecule has 0 radical (unpaired) electrons. The minimum atomic E-state index is 0.545. The predicted octanol–water partition coefficient (Wildman–Crippen LogP) is 3.33. The molecule has 1 atom stereocenters. The van der Waals surface area contributed by atoms with Crippen LogP contribution in [0.4, 0.5) is 0 Å². The average molecular weight is 278 g/mol. The maximum absolute atomic E-state index is 5.57. The van der Waals surface area contributed by atoms with Crippen LogP contribution in [0.2, 0.25) is 0 Å². The molecule has 112 valence electrons. The van der Waals surface area contributed by atoms with Crippen molar-refractivity contribution in [2.24, 2.45) is 0 Å². The predicted molar refractivity (Wildman–Crippen MR) is 77.6 cm³/mol. The molecule has 0 spiro atoms. The summed E-state index contributed by atoms with van der Waals surface area (Å²) < 4.78 is 10.9. The van der Waals surface area contributed by atoms with E-state index in [1.165, 1.54) is 50.6 Å². The maximum atomic E-state index is 5.57. The summed E-state index contributed by atoms with van der Waals surface area (Å²) in [7, 11) is 1.78. The summed E-state index contributed by atoms with van der Waals surface area (Å²) in [5.74, 6) is 1.66. The first-order valence-electron chi connectivity index (χ1n) is 8.05. The largest absolute Gasteiger partial charge is 0.383 e. The Morgan fingerprint density at radius 1 is 1.25 bits per heavy atom. The Bertz CT molecular complexity index is 412. The third kappa shape index (κ3) is 3.23. The number of nitrogens with zero attached hydrogens (tertiary/aromatic N) is 2. The smallest absolute Gasteiger partial charge is 0.150 e. The van der Waals surface area contributed by atoms with Crippen LogP contribution in [0.15, 0.2) is 10.6 Å². The van der Waals surface area contributed by atoms with Gasteiger partial charge in [-0.3, -0.25) is 4.90 Å². The molecule has 1 aliphatic carbocycles. The molecule has 1 aromatic rings. The van der Waals surface area contributed by atoms with Crippen LogP contribution in [0.5, 0.6) is 0 Å². The van der Waals surface area contributed by atoms with Crippen molar-refractivity contribution in [3.05, 3.63) is 17.5 Å². The molecule has 20 heavy (non-hydrogen) atoms. The molecule has 2 aliphatic rings. The highest BCUT2D eigenvalue weighted by Gasteiger charge is 2.26. The Morgan fingerprint density at radius 3 is 2.90 bits per heavy atom. The molecular weight excluding hydrogens is 252 g/mol. The highest BCUT2D eigenvalue weighted by Crippen LogP contribution is 2.32. The van der Waals surface area contributed by atoms with Gasteiger partial charge in [-0.15, -0.1) is 0 Å². The lowest BCUT2D eigenvalue weighted by Gasteiger charge is -2.22. The Morgan fingerprint density at radius 2 is 2.10 bits per heavy atom. The SMILES string of the molecule is COC[C@@H]1CCCN1Cc1cc(C2CCCCC2)no1. The summed E-state index contributed by atoms with van der Waals surface area (Å²) in [6.45, 7) is 2.85. The average Bonchev–Trinajstić information content (AvgIpc) is 3.11. The van der Waals surface area contributed by atoms with Crippen molar-refractivity contribution in [1.82, 2.24) is 10.1 Å². The highest BCUT2D eigenvalue weighted by atomic mass is 16.5. The minimum absolute atomic E-state index is 0.545. The van der Waals surface area contributed by atoms with Crippen molar-refractivity contribution < 1.29 is 9.26 Å². The molecule has 1 aromatic heterocycles. The van der Waals surface area contributed by atoms with Gasteiger partial charge in [-0.25, -0.2) is 0 Å². The monoisotopic (exact) mass is 278 g/mol. The van der Waals surface area contributed by atoms with Crippen LogP contribution < -0.4 is 0 Å². The van der Waals surface area contributed by atoms with E-state index in [0.29, 0.717) is 12.0 Å². The molecule has 0 bridgehead atoms. The van der Waals surface area contributed by atoms with E-state index >= 15 is 0 Å². The molecule has 1 saturated heterocycles. The van der Waals surface area contributed by atoms with Gasteiger partial charge in [0, 0.05) is 25.1 Å². The van der Waals surface area contributed by atoms with Crippen LogP contribution in [0.25, 0.3) is 0 Å². The Labute approximate surface area is 121 Å². The summed E-state index contributed by atoms with van der Waals surface area (Å²) in [6.07, 6.45) is 9.12. The fourth-order valence-electron chi connectivity index (χ4n) is 3.68. The zero-order chi connectivity index (χ0) is 13.8. The van der Waals surface area contributed by atoms with Crippen molar-refractivity contribution in [2.45, 2.75) is 63.5 Å². The molecule has 1 saturated carbocycles. The quantitative estimate of drug-likeness (QED) is 0.828. The van der Waals surface area contributed by atoms with Gasteiger partial charge >= 0.3 is 0 Å². The van der Waals surface area contributed by atoms with Crippen LogP contribution in [0.1, 0.15) is 62.3 Å². The first-order chi connectivity index (χ1) is 9.86. The zero-order valence-electron chi connectivity index (χ0n) is 12.5. The van der Waals surface area contributed by atoms with Crippen LogP contribution in [-0.4, -0.2) is 36.4 Å². The molecule has 0 amide bonds. The standard InChI is InChI=1S/C16H26N2O2/c1-19-12-14-8-5-9-18(14)11-15-10-16(17-20-15)13-6-3-2-4-7-13/h10,13-14H,2-9,11-12H2,1H3/t14-/m0/s1. The Kier molecular flexibility index (Phi) is 4.73. The molecule has 0 N–H and O–H groups in total. The minimum Gasteiger partial charge on any atom is -0.383 e. The van der Waals surface area contributed by atoms with Gasteiger partial charge in [-0.05, 0) is 32.2 Å². The maximum Gasteiger partial charge on any atom is 0.150 e. The van der Waals surface area contributed by atoms with Crippen molar-refractivity contribution in [2.75, 3.05) is 20.3 Å². The van der Waals surface area contributed by atoms with Gasteiger partial charge < -0.3 is 9.26 Å². The van der Waals surface area contributed by atoms with Gasteiger partial charge in [0.2, 0.25) is 0 Å². The number of ether oxygens (including phenoxy) is 1. The van der Waals surface area contributed by atoms with Crippen molar-refractivity contribution in [3.8, 4) is 0 Å². The van der Waals surface area contributed by atoms with E-state index in [4.69, 9.17) is 9.26 Å². The summed E-state index contributed by atoms with van der Waals surface area (Å²) in [5, 5.41) is 4.32. The van der Waals surface area contributed by atoms with Crippen molar-refractivity contribution >= 4 is 0 Å². The van der Waals surface area contributed by atoms with Crippen LogP contribution in [0, 0.1) is 0 Å². The molecular formula is C16H26N2O2. The first-order valence-corrected chi connectivity index (χ1v) is 8.05. The highest BCUT2D eigenvalue weighted by molar-refractivity contribution is 5.11. The number of hydrogen-bond acceptors (Lipinski definition) is 4. The van der Waals surface area contributed by atoms with Gasteiger partial charge in [-0.2, -0.15) is 0 Å². The topological polar surface area (TPSA) is 38.5 Å². The third-order valence-corrected chi connectivity index (χ3v) is 4.82. The number of likely N-dealkylation sites (tertiary alicyclic amines) is 1. The lowest BCUT2D eigenvalue weighted by Crippen LogP contribution is -2.32. The fourth-order valence-corrected chi connectivity index (χ4v) is 3.68.